The van der Waals surface area contributed by atoms with Gasteiger partial charge in [-0.3, -0.25) is 0 Å². The third-order valence-electron chi connectivity index (χ3n) is 3.61. The van der Waals surface area contributed by atoms with Crippen molar-refractivity contribution in [3.63, 3.8) is 0 Å². The van der Waals surface area contributed by atoms with Gasteiger partial charge in [0.25, 0.3) is 0 Å². The third-order valence-corrected chi connectivity index (χ3v) is 3.61. The van der Waals surface area contributed by atoms with Crippen molar-refractivity contribution in [2.24, 2.45) is 0 Å². The number of H-pyrrole nitrogens is 1. The quantitative estimate of drug-likeness (QED) is 0.857. The maximum Gasteiger partial charge on any atom is 0.355 e. The molecule has 0 aliphatic heterocycles. The van der Waals surface area contributed by atoms with Crippen LogP contribution >= 0.6 is 0 Å². The minimum absolute atomic E-state index is 0.293. The highest BCUT2D eigenvalue weighted by atomic mass is 16.5. The van der Waals surface area contributed by atoms with E-state index < -0.39 is 0 Å². The summed E-state index contributed by atoms with van der Waals surface area (Å²) in [7, 11) is 1.65. The highest BCUT2D eigenvalue weighted by molar-refractivity contribution is 5.89. The molecule has 4 nitrogen and oxygen atoms in total. The van der Waals surface area contributed by atoms with E-state index in [1.165, 1.54) is 5.56 Å². The van der Waals surface area contributed by atoms with Gasteiger partial charge >= 0.3 is 5.97 Å². The number of rotatable bonds is 5. The second-order valence-electron chi connectivity index (χ2n) is 4.97. The van der Waals surface area contributed by atoms with Crippen LogP contribution in [0.3, 0.4) is 0 Å². The summed E-state index contributed by atoms with van der Waals surface area (Å²) in [5.74, 6) is 0.549. The minimum atomic E-state index is -0.293. The fourth-order valence-corrected chi connectivity index (χ4v) is 2.41. The van der Waals surface area contributed by atoms with Crippen LogP contribution in [0.5, 0.6) is 5.75 Å². The van der Waals surface area contributed by atoms with E-state index in [9.17, 15) is 4.79 Å². The molecule has 4 heteroatoms. The molecule has 0 bridgehead atoms. The molecule has 1 N–H and O–H groups in total. The fraction of sp³-hybridized carbons (Fsp3) is 0.353. The molecular formula is C17H21NO3. The highest BCUT2D eigenvalue weighted by Crippen LogP contribution is 2.23. The molecule has 0 unspecified atom stereocenters. The van der Waals surface area contributed by atoms with Gasteiger partial charge in [0.05, 0.1) is 13.7 Å². The van der Waals surface area contributed by atoms with E-state index in [1.807, 2.05) is 38.1 Å². The number of carbonyl (C=O) groups excluding carboxylic acids is 1. The lowest BCUT2D eigenvalue weighted by Crippen LogP contribution is -2.06. The molecule has 21 heavy (non-hydrogen) atoms. The second kappa shape index (κ2) is 6.48. The molecule has 1 aromatic carbocycles. The van der Waals surface area contributed by atoms with Crippen LogP contribution in [-0.2, 0) is 11.2 Å². The largest absolute Gasteiger partial charge is 0.497 e. The van der Waals surface area contributed by atoms with Gasteiger partial charge < -0.3 is 14.5 Å². The Bertz CT molecular complexity index is 626. The van der Waals surface area contributed by atoms with Crippen LogP contribution in [0.1, 0.15) is 39.8 Å². The van der Waals surface area contributed by atoms with Gasteiger partial charge in [0.2, 0.25) is 0 Å². The van der Waals surface area contributed by atoms with E-state index in [0.717, 1.165) is 29.0 Å². The number of ether oxygens (including phenoxy) is 2. The summed E-state index contributed by atoms with van der Waals surface area (Å²) in [6.07, 6.45) is 0.775. The zero-order valence-corrected chi connectivity index (χ0v) is 12.9. The van der Waals surface area contributed by atoms with E-state index in [4.69, 9.17) is 9.47 Å². The fourth-order valence-electron chi connectivity index (χ4n) is 2.41. The van der Waals surface area contributed by atoms with Crippen LogP contribution in [0.25, 0.3) is 0 Å². The molecule has 0 spiro atoms. The van der Waals surface area contributed by atoms with Crippen molar-refractivity contribution in [2.75, 3.05) is 13.7 Å². The first-order valence-corrected chi connectivity index (χ1v) is 7.04. The average Bonchev–Trinajstić information content (AvgIpc) is 2.76. The van der Waals surface area contributed by atoms with Gasteiger partial charge in [-0.25, -0.2) is 4.79 Å². The molecule has 0 radical (unpaired) electrons. The maximum absolute atomic E-state index is 11.9. The van der Waals surface area contributed by atoms with Gasteiger partial charge in [0.15, 0.2) is 0 Å². The molecule has 0 saturated carbocycles. The molecule has 0 fully saturated rings. The van der Waals surface area contributed by atoms with Crippen LogP contribution in [0.4, 0.5) is 0 Å². The van der Waals surface area contributed by atoms with Gasteiger partial charge in [0.1, 0.15) is 11.4 Å². The lowest BCUT2D eigenvalue weighted by Gasteiger charge is -2.05. The normalized spacial score (nSPS) is 10.5. The van der Waals surface area contributed by atoms with E-state index in [0.29, 0.717) is 12.3 Å². The SMILES string of the molecule is CCOC(=O)c1[nH]c(C)c(Cc2ccc(OC)cc2)c1C. The first kappa shape index (κ1) is 15.2. The first-order valence-electron chi connectivity index (χ1n) is 7.04. The van der Waals surface area contributed by atoms with Gasteiger partial charge in [-0.2, -0.15) is 0 Å². The summed E-state index contributed by atoms with van der Waals surface area (Å²) in [6, 6.07) is 7.96. The molecule has 0 aliphatic rings. The summed E-state index contributed by atoms with van der Waals surface area (Å²) in [4.78, 5) is 15.0. The molecule has 1 heterocycles. The minimum Gasteiger partial charge on any atom is -0.497 e. The number of benzene rings is 1. The number of aromatic amines is 1. The van der Waals surface area contributed by atoms with Gasteiger partial charge in [0, 0.05) is 5.69 Å². The topological polar surface area (TPSA) is 51.3 Å². The lowest BCUT2D eigenvalue weighted by atomic mass is 10.0. The number of aryl methyl sites for hydroxylation is 1. The number of nitrogens with one attached hydrogen (secondary N) is 1. The first-order chi connectivity index (χ1) is 10.1. The molecule has 0 atom stereocenters. The predicted octanol–water partition coefficient (Wildman–Crippen LogP) is 3.41. The molecule has 2 aromatic rings. The zero-order chi connectivity index (χ0) is 15.4. The van der Waals surface area contributed by atoms with Crippen molar-refractivity contribution in [3.8, 4) is 5.75 Å². The van der Waals surface area contributed by atoms with E-state index in [1.54, 1.807) is 14.0 Å². The molecule has 0 saturated heterocycles. The summed E-state index contributed by atoms with van der Waals surface area (Å²) in [5, 5.41) is 0. The molecule has 2 rings (SSSR count). The van der Waals surface area contributed by atoms with Crippen molar-refractivity contribution in [3.05, 3.63) is 52.3 Å². The average molecular weight is 287 g/mol. The van der Waals surface area contributed by atoms with Crippen molar-refractivity contribution in [1.82, 2.24) is 4.98 Å². The monoisotopic (exact) mass is 287 g/mol. The number of aromatic nitrogens is 1. The Hall–Kier alpha value is -2.23. The second-order valence-corrected chi connectivity index (χ2v) is 4.97. The van der Waals surface area contributed by atoms with Gasteiger partial charge in [-0.05, 0) is 56.0 Å². The Morgan fingerprint density at radius 3 is 2.43 bits per heavy atom. The van der Waals surface area contributed by atoms with Crippen LogP contribution in [0.15, 0.2) is 24.3 Å². The van der Waals surface area contributed by atoms with E-state index in [-0.39, 0.29) is 5.97 Å². The van der Waals surface area contributed by atoms with Crippen molar-refractivity contribution in [2.45, 2.75) is 27.2 Å². The maximum atomic E-state index is 11.9. The Morgan fingerprint density at radius 1 is 1.19 bits per heavy atom. The predicted molar refractivity (Wildman–Crippen MR) is 82.0 cm³/mol. The Kier molecular flexibility index (Phi) is 4.68. The Balaban J connectivity index is 2.25. The van der Waals surface area contributed by atoms with Crippen LogP contribution in [-0.4, -0.2) is 24.7 Å². The van der Waals surface area contributed by atoms with Crippen LogP contribution in [0.2, 0.25) is 0 Å². The molecule has 1 aromatic heterocycles. The number of carbonyl (C=O) groups is 1. The standard InChI is InChI=1S/C17H21NO3/c1-5-21-17(19)16-11(2)15(12(3)18-16)10-13-6-8-14(20-4)9-7-13/h6-9,18H,5,10H2,1-4H3. The Morgan fingerprint density at radius 2 is 1.86 bits per heavy atom. The van der Waals surface area contributed by atoms with Crippen molar-refractivity contribution < 1.29 is 14.3 Å². The van der Waals surface area contributed by atoms with Crippen molar-refractivity contribution in [1.29, 1.82) is 0 Å². The summed E-state index contributed by atoms with van der Waals surface area (Å²) in [5.41, 5.74) is 4.84. The van der Waals surface area contributed by atoms with Crippen LogP contribution < -0.4 is 4.74 Å². The highest BCUT2D eigenvalue weighted by Gasteiger charge is 2.18. The Labute approximate surface area is 125 Å². The molecule has 0 amide bonds. The van der Waals surface area contributed by atoms with E-state index in [2.05, 4.69) is 4.98 Å². The lowest BCUT2D eigenvalue weighted by molar-refractivity contribution is 0.0519. The van der Waals surface area contributed by atoms with Crippen molar-refractivity contribution >= 4 is 5.97 Å². The summed E-state index contributed by atoms with van der Waals surface area (Å²) >= 11 is 0. The van der Waals surface area contributed by atoms with E-state index >= 15 is 0 Å². The summed E-state index contributed by atoms with van der Waals surface area (Å²) in [6.45, 7) is 6.12. The number of esters is 1. The number of hydrogen-bond donors (Lipinski definition) is 1. The summed E-state index contributed by atoms with van der Waals surface area (Å²) < 4.78 is 10.2. The number of methoxy groups -OCH3 is 1. The molecule has 0 aliphatic carbocycles. The van der Waals surface area contributed by atoms with Crippen LogP contribution in [0, 0.1) is 13.8 Å². The number of hydrogen-bond acceptors (Lipinski definition) is 3. The zero-order valence-electron chi connectivity index (χ0n) is 12.9. The molecule has 112 valence electrons. The smallest absolute Gasteiger partial charge is 0.355 e. The third kappa shape index (κ3) is 3.27. The molecular weight excluding hydrogens is 266 g/mol. The van der Waals surface area contributed by atoms with Gasteiger partial charge in [-0.15, -0.1) is 0 Å². The van der Waals surface area contributed by atoms with Gasteiger partial charge in [-0.1, -0.05) is 12.1 Å².